The van der Waals surface area contributed by atoms with E-state index >= 15 is 0 Å². The van der Waals surface area contributed by atoms with E-state index in [1.54, 1.807) is 0 Å². The van der Waals surface area contributed by atoms with Gasteiger partial charge < -0.3 is 19.5 Å². The fourth-order valence-electron chi connectivity index (χ4n) is 2.84. The molecule has 8 nitrogen and oxygen atoms in total. The third-order valence-electron chi connectivity index (χ3n) is 4.26. The number of benzene rings is 1. The van der Waals surface area contributed by atoms with Gasteiger partial charge in [-0.3, -0.25) is 9.59 Å². The van der Waals surface area contributed by atoms with Crippen LogP contribution in [0.25, 0.3) is 10.2 Å². The maximum Gasteiger partial charge on any atom is 0.316 e. The molecule has 1 N–H and O–H groups in total. The zero-order chi connectivity index (χ0) is 20.8. The Morgan fingerprint density at radius 1 is 1.17 bits per heavy atom. The van der Waals surface area contributed by atoms with Crippen molar-refractivity contribution in [1.82, 2.24) is 15.3 Å². The smallest absolute Gasteiger partial charge is 0.316 e. The zero-order valence-electron chi connectivity index (χ0n) is 16.0. The number of carbonyl (C=O) groups excluding carboxylic acids is 2. The van der Waals surface area contributed by atoms with Crippen molar-refractivity contribution < 1.29 is 23.8 Å². The van der Waals surface area contributed by atoms with Crippen molar-refractivity contribution in [2.75, 3.05) is 32.1 Å². The van der Waals surface area contributed by atoms with E-state index in [-0.39, 0.29) is 18.3 Å². The van der Waals surface area contributed by atoms with E-state index in [0.29, 0.717) is 26.2 Å². The maximum atomic E-state index is 11.9. The number of aromatic nitrogens is 2. The van der Waals surface area contributed by atoms with E-state index in [4.69, 9.17) is 14.2 Å². The molecule has 4 rings (SSSR count). The predicted octanol–water partition coefficient (Wildman–Crippen LogP) is 2.46. The largest absolute Gasteiger partial charge is 0.486 e. The van der Waals surface area contributed by atoms with Gasteiger partial charge in [-0.25, -0.2) is 9.97 Å². The number of hydrogen-bond donors (Lipinski definition) is 1. The second-order valence-corrected chi connectivity index (χ2v) is 8.20. The van der Waals surface area contributed by atoms with Crippen molar-refractivity contribution in [2.24, 2.45) is 0 Å². The first kappa shape index (κ1) is 20.4. The molecular formula is C20H19N3O5S2. The average Bonchev–Trinajstić information content (AvgIpc) is 3.26. The minimum absolute atomic E-state index is 0.0758. The Hall–Kier alpha value is -2.85. The van der Waals surface area contributed by atoms with Crippen LogP contribution in [0.2, 0.25) is 0 Å². The van der Waals surface area contributed by atoms with Crippen LogP contribution in [0, 0.1) is 0 Å². The molecule has 0 spiro atoms. The molecule has 1 amide bonds. The summed E-state index contributed by atoms with van der Waals surface area (Å²) >= 11 is 2.78. The first-order valence-electron chi connectivity index (χ1n) is 9.31. The molecule has 2 aromatic heterocycles. The van der Waals surface area contributed by atoms with Gasteiger partial charge >= 0.3 is 5.97 Å². The number of fused-ring (bicyclic) bond motifs is 2. The number of rotatable bonds is 8. The van der Waals surface area contributed by atoms with Crippen molar-refractivity contribution in [3.8, 4) is 11.5 Å². The Morgan fingerprint density at radius 2 is 2.03 bits per heavy atom. The lowest BCUT2D eigenvalue weighted by Gasteiger charge is -2.18. The van der Waals surface area contributed by atoms with E-state index in [1.165, 1.54) is 29.4 Å². The molecule has 0 aliphatic carbocycles. The van der Waals surface area contributed by atoms with Crippen molar-refractivity contribution in [1.29, 1.82) is 0 Å². The van der Waals surface area contributed by atoms with Crippen LogP contribution in [0.3, 0.4) is 0 Å². The molecule has 1 aliphatic heterocycles. The Morgan fingerprint density at radius 3 is 2.93 bits per heavy atom. The molecule has 156 valence electrons. The second-order valence-electron chi connectivity index (χ2n) is 6.35. The van der Waals surface area contributed by atoms with Crippen molar-refractivity contribution in [3.05, 3.63) is 41.5 Å². The van der Waals surface area contributed by atoms with Gasteiger partial charge in [0.15, 0.2) is 18.1 Å². The summed E-state index contributed by atoms with van der Waals surface area (Å²) < 4.78 is 16.1. The van der Waals surface area contributed by atoms with Crippen LogP contribution in [-0.4, -0.2) is 54.0 Å². The summed E-state index contributed by atoms with van der Waals surface area (Å²) in [5.41, 5.74) is 1.03. The summed E-state index contributed by atoms with van der Waals surface area (Å²) in [6.07, 6.45) is 2.11. The number of nitrogens with zero attached hydrogens (tertiary/aromatic N) is 2. The minimum atomic E-state index is -0.469. The Balaban J connectivity index is 1.16. The molecular weight excluding hydrogens is 426 g/mol. The minimum Gasteiger partial charge on any atom is -0.486 e. The van der Waals surface area contributed by atoms with E-state index in [1.807, 2.05) is 29.6 Å². The summed E-state index contributed by atoms with van der Waals surface area (Å²) in [7, 11) is 0. The lowest BCUT2D eigenvalue weighted by Crippen LogP contribution is -2.30. The first-order chi connectivity index (χ1) is 14.7. The number of esters is 1. The molecule has 1 aromatic carbocycles. The van der Waals surface area contributed by atoms with Gasteiger partial charge in [0.2, 0.25) is 0 Å². The van der Waals surface area contributed by atoms with Crippen LogP contribution in [0.15, 0.2) is 41.0 Å². The number of nitrogens with one attached hydrogen (secondary N) is 1. The number of carbonyl (C=O) groups is 2. The van der Waals surface area contributed by atoms with Gasteiger partial charge in [0.05, 0.1) is 5.75 Å². The molecule has 0 saturated carbocycles. The normalized spacial score (nSPS) is 12.5. The summed E-state index contributed by atoms with van der Waals surface area (Å²) in [6.45, 7) is 1.21. The van der Waals surface area contributed by atoms with Crippen LogP contribution in [0.4, 0.5) is 0 Å². The fourth-order valence-corrected chi connectivity index (χ4v) is 4.41. The van der Waals surface area contributed by atoms with Crippen LogP contribution in [0.1, 0.15) is 5.56 Å². The molecule has 30 heavy (non-hydrogen) atoms. The van der Waals surface area contributed by atoms with Gasteiger partial charge in [0.1, 0.15) is 29.4 Å². The molecule has 0 unspecified atom stereocenters. The summed E-state index contributed by atoms with van der Waals surface area (Å²) in [5.74, 6) is 0.726. The highest BCUT2D eigenvalue weighted by Crippen LogP contribution is 2.31. The van der Waals surface area contributed by atoms with Gasteiger partial charge in [-0.05, 0) is 35.6 Å². The predicted molar refractivity (Wildman–Crippen MR) is 113 cm³/mol. The average molecular weight is 446 g/mol. The number of hydrogen-bond acceptors (Lipinski definition) is 9. The molecule has 0 fully saturated rings. The molecule has 0 bridgehead atoms. The highest BCUT2D eigenvalue weighted by molar-refractivity contribution is 8.00. The van der Waals surface area contributed by atoms with Crippen molar-refractivity contribution in [2.45, 2.75) is 11.4 Å². The monoisotopic (exact) mass is 445 g/mol. The van der Waals surface area contributed by atoms with Gasteiger partial charge in [0.25, 0.3) is 5.91 Å². The number of amides is 1. The van der Waals surface area contributed by atoms with E-state index in [0.717, 1.165) is 32.3 Å². The van der Waals surface area contributed by atoms with Crippen molar-refractivity contribution in [3.63, 3.8) is 0 Å². The second kappa shape index (κ2) is 9.77. The van der Waals surface area contributed by atoms with Crippen LogP contribution >= 0.6 is 23.1 Å². The molecule has 0 radical (unpaired) electrons. The van der Waals surface area contributed by atoms with Crippen molar-refractivity contribution >= 4 is 45.2 Å². The molecule has 3 heterocycles. The third kappa shape index (κ3) is 5.19. The van der Waals surface area contributed by atoms with E-state index in [9.17, 15) is 9.59 Å². The van der Waals surface area contributed by atoms with Crippen LogP contribution in [-0.2, 0) is 20.7 Å². The number of thioether (sulfide) groups is 1. The quantitative estimate of drug-likeness (QED) is 0.321. The molecule has 0 saturated heterocycles. The number of ether oxygens (including phenoxy) is 3. The van der Waals surface area contributed by atoms with E-state index < -0.39 is 5.97 Å². The molecule has 10 heteroatoms. The fraction of sp³-hybridized carbons (Fsp3) is 0.300. The summed E-state index contributed by atoms with van der Waals surface area (Å²) in [6, 6.07) is 7.64. The zero-order valence-corrected chi connectivity index (χ0v) is 17.6. The molecule has 3 aromatic rings. The summed E-state index contributed by atoms with van der Waals surface area (Å²) in [4.78, 5) is 33.1. The highest BCUT2D eigenvalue weighted by Gasteiger charge is 2.13. The van der Waals surface area contributed by atoms with Gasteiger partial charge in [0, 0.05) is 11.9 Å². The lowest BCUT2D eigenvalue weighted by atomic mass is 10.1. The van der Waals surface area contributed by atoms with E-state index in [2.05, 4.69) is 15.3 Å². The lowest BCUT2D eigenvalue weighted by molar-refractivity contribution is -0.145. The molecule has 1 aliphatic rings. The van der Waals surface area contributed by atoms with Gasteiger partial charge in [-0.15, -0.1) is 11.3 Å². The highest BCUT2D eigenvalue weighted by atomic mass is 32.2. The SMILES string of the molecule is O=C(COC(=O)CSc1ncnc2sccc12)NCCc1ccc2c(c1)OCCO2. The Labute approximate surface area is 181 Å². The number of thiophene rings is 1. The topological polar surface area (TPSA) is 99.6 Å². The maximum absolute atomic E-state index is 11.9. The Bertz CT molecular complexity index is 1060. The summed E-state index contributed by atoms with van der Waals surface area (Å²) in [5, 5.41) is 6.31. The molecule has 0 atom stereocenters. The standard InChI is InChI=1S/C20H19N3O5S2/c24-17(21-5-3-13-1-2-15-16(9-13)27-7-6-26-15)10-28-18(25)11-30-20-14-4-8-29-19(14)22-12-23-20/h1-2,4,8-9,12H,3,5-7,10-11H2,(H,21,24). The first-order valence-corrected chi connectivity index (χ1v) is 11.2. The Kier molecular flexibility index (Phi) is 6.65. The van der Waals surface area contributed by atoms with Crippen LogP contribution < -0.4 is 14.8 Å². The van der Waals surface area contributed by atoms with Gasteiger partial charge in [-0.1, -0.05) is 17.8 Å². The van der Waals surface area contributed by atoms with Gasteiger partial charge in [-0.2, -0.15) is 0 Å². The van der Waals surface area contributed by atoms with Crippen LogP contribution in [0.5, 0.6) is 11.5 Å². The third-order valence-corrected chi connectivity index (χ3v) is 6.06.